The highest BCUT2D eigenvalue weighted by molar-refractivity contribution is 7.98. The predicted octanol–water partition coefficient (Wildman–Crippen LogP) is 0.360. The van der Waals surface area contributed by atoms with E-state index in [2.05, 4.69) is 31.9 Å². The zero-order chi connectivity index (χ0) is 39.9. The van der Waals surface area contributed by atoms with Crippen molar-refractivity contribution in [3.63, 3.8) is 0 Å². The maximum Gasteiger partial charge on any atom is 0.326 e. The number of benzene rings is 1. The first-order valence-electron chi connectivity index (χ1n) is 17.2. The minimum atomic E-state index is -1.31. The van der Waals surface area contributed by atoms with E-state index in [1.54, 1.807) is 30.3 Å². The summed E-state index contributed by atoms with van der Waals surface area (Å²) in [5, 5.41) is 34.5. The van der Waals surface area contributed by atoms with Crippen molar-refractivity contribution in [2.24, 2.45) is 5.92 Å². The van der Waals surface area contributed by atoms with Crippen LogP contribution in [0.25, 0.3) is 0 Å². The molecular weight excluding hydrogens is 729 g/mol. The Hall–Kier alpha value is -4.42. The maximum absolute atomic E-state index is 13.6. The van der Waals surface area contributed by atoms with Crippen molar-refractivity contribution in [2.45, 2.75) is 95.9 Å². The molecule has 0 heterocycles. The van der Waals surface area contributed by atoms with Gasteiger partial charge in [0.1, 0.15) is 30.2 Å². The second-order valence-corrected chi connectivity index (χ2v) is 14.4. The molecule has 0 aromatic heterocycles. The van der Waals surface area contributed by atoms with E-state index >= 15 is 0 Å². The number of hydrogen-bond donors (Lipinski definition) is 8. The summed E-state index contributed by atoms with van der Waals surface area (Å²) in [5.41, 5.74) is 0.697. The smallest absolute Gasteiger partial charge is 0.326 e. The van der Waals surface area contributed by atoms with Crippen LogP contribution in [0.4, 0.5) is 0 Å². The Kier molecular flexibility index (Phi) is 22.5. The molecule has 0 radical (unpaired) electrons. The maximum atomic E-state index is 13.6. The molecule has 5 amide bonds. The molecular formula is C35H52N6O10S2. The molecule has 1 rings (SSSR count). The standard InChI is InChI=1S/C35H52N6O10S2/c1-21(2)16-27(40-32(47)24(37-20-42)13-15-53-4)33(48)41-28(17-23-10-6-5-7-11-23)34(49)39-25(35(50)51)12-8-9-14-36-19-29(43)38-26(18-30(44)45)31(46)22(3)52/h5-7,10-11,20-21,24-28,36H,8-9,12-19H2,1-4H3,(H,37,42)(H,38,43)(H,39,49)(H,40,47)(H,41,48)(H,44,45)(H,50,51)/t24-,25-,26-,27-,28-/m0/s1. The van der Waals surface area contributed by atoms with Gasteiger partial charge in [-0.05, 0) is 69.1 Å². The van der Waals surface area contributed by atoms with E-state index in [0.29, 0.717) is 37.0 Å². The molecule has 0 bridgehead atoms. The lowest BCUT2D eigenvalue weighted by Gasteiger charge is -2.26. The number of carbonyl (C=O) groups excluding carboxylic acids is 6. The van der Waals surface area contributed by atoms with E-state index < -0.39 is 78.0 Å². The van der Waals surface area contributed by atoms with Gasteiger partial charge in [-0.25, -0.2) is 4.79 Å². The van der Waals surface area contributed by atoms with E-state index in [4.69, 9.17) is 17.3 Å². The van der Waals surface area contributed by atoms with Crippen LogP contribution in [0.2, 0.25) is 0 Å². The van der Waals surface area contributed by atoms with Gasteiger partial charge < -0.3 is 42.1 Å². The molecule has 5 atom stereocenters. The lowest BCUT2D eigenvalue weighted by molar-refractivity contribution is -0.142. The van der Waals surface area contributed by atoms with Crippen LogP contribution in [-0.4, -0.2) is 118 Å². The van der Waals surface area contributed by atoms with E-state index in [1.807, 2.05) is 20.1 Å². The number of carbonyl (C=O) groups is 8. The van der Waals surface area contributed by atoms with Crippen molar-refractivity contribution in [3.8, 4) is 0 Å². The first-order chi connectivity index (χ1) is 25.1. The quantitative estimate of drug-likeness (QED) is 0.0326. The summed E-state index contributed by atoms with van der Waals surface area (Å²) < 4.78 is 0. The van der Waals surface area contributed by atoms with Gasteiger partial charge in [-0.15, -0.1) is 0 Å². The van der Waals surface area contributed by atoms with Crippen LogP contribution < -0.4 is 31.9 Å². The zero-order valence-corrected chi connectivity index (χ0v) is 32.1. The van der Waals surface area contributed by atoms with Crippen molar-refractivity contribution < 1.29 is 48.6 Å². The Balaban J connectivity index is 2.92. The number of unbranched alkanes of at least 4 members (excludes halogenated alkanes) is 1. The van der Waals surface area contributed by atoms with E-state index in [-0.39, 0.29) is 43.1 Å². The number of thiocarbonyl (C=S) groups is 1. The molecule has 0 fully saturated rings. The summed E-state index contributed by atoms with van der Waals surface area (Å²) in [5.74, 6) is -5.22. The largest absolute Gasteiger partial charge is 0.481 e. The van der Waals surface area contributed by atoms with Gasteiger partial charge in [0.2, 0.25) is 30.0 Å². The van der Waals surface area contributed by atoms with Crippen molar-refractivity contribution >= 4 is 76.6 Å². The molecule has 0 saturated heterocycles. The average Bonchev–Trinajstić information content (AvgIpc) is 3.09. The summed E-state index contributed by atoms with van der Waals surface area (Å²) >= 11 is 6.30. The number of Topliss-reactive ketones (excluding diaryl/α,β-unsaturated/α-hetero) is 1. The van der Waals surface area contributed by atoms with Crippen LogP contribution in [0.15, 0.2) is 30.3 Å². The minimum absolute atomic E-state index is 0.0251. The number of amides is 5. The fraction of sp³-hybridized carbons (Fsp3) is 0.571. The van der Waals surface area contributed by atoms with Crippen LogP contribution in [0.5, 0.6) is 0 Å². The summed E-state index contributed by atoms with van der Waals surface area (Å²) in [7, 11) is 0. The SMILES string of the molecule is CSCC[C@H](NC=O)C(=O)N[C@@H](CC(C)C)C(=O)N[C@@H](Cc1ccccc1)C(=O)N[C@@H](CCCCNCC(=O)N[C@@H](CC(=O)O)C(=O)C(C)=S)C(=O)O. The van der Waals surface area contributed by atoms with Crippen LogP contribution >= 0.6 is 24.0 Å². The number of rotatable bonds is 28. The molecule has 0 aliphatic heterocycles. The van der Waals surface area contributed by atoms with Gasteiger partial charge in [0.05, 0.1) is 17.8 Å². The highest BCUT2D eigenvalue weighted by Crippen LogP contribution is 2.11. The predicted molar refractivity (Wildman–Crippen MR) is 203 cm³/mol. The number of nitrogens with one attached hydrogen (secondary N) is 6. The second kappa shape index (κ2) is 25.5. The molecule has 294 valence electrons. The minimum Gasteiger partial charge on any atom is -0.481 e. The Bertz CT molecular complexity index is 1410. The Morgan fingerprint density at radius 1 is 0.811 bits per heavy atom. The third-order valence-corrected chi connectivity index (χ3v) is 8.67. The first-order valence-corrected chi connectivity index (χ1v) is 19.0. The fourth-order valence-electron chi connectivity index (χ4n) is 5.12. The van der Waals surface area contributed by atoms with E-state index in [9.17, 15) is 43.5 Å². The number of thioether (sulfide) groups is 1. The molecule has 1 aromatic rings. The molecule has 18 heteroatoms. The Morgan fingerprint density at radius 3 is 1.98 bits per heavy atom. The Morgan fingerprint density at radius 2 is 1.42 bits per heavy atom. The number of carboxylic acids is 2. The summed E-state index contributed by atoms with van der Waals surface area (Å²) in [6.07, 6.45) is 3.02. The van der Waals surface area contributed by atoms with Gasteiger partial charge >= 0.3 is 11.9 Å². The van der Waals surface area contributed by atoms with Crippen molar-refractivity contribution in [1.82, 2.24) is 31.9 Å². The summed E-state index contributed by atoms with van der Waals surface area (Å²) in [4.78, 5) is 99.0. The molecule has 0 aliphatic rings. The van der Waals surface area contributed by atoms with Gasteiger partial charge in [-0.1, -0.05) is 56.4 Å². The summed E-state index contributed by atoms with van der Waals surface area (Å²) in [6, 6.07) is 3.12. The second-order valence-electron chi connectivity index (χ2n) is 12.8. The molecule has 0 aliphatic carbocycles. The monoisotopic (exact) mass is 780 g/mol. The number of aliphatic carboxylic acids is 2. The third kappa shape index (κ3) is 19.3. The highest BCUT2D eigenvalue weighted by Gasteiger charge is 2.31. The van der Waals surface area contributed by atoms with Gasteiger partial charge in [0.15, 0.2) is 5.78 Å². The van der Waals surface area contributed by atoms with Gasteiger partial charge in [0.25, 0.3) is 0 Å². The van der Waals surface area contributed by atoms with Crippen molar-refractivity contribution in [2.75, 3.05) is 25.1 Å². The number of carboxylic acid groups (broad SMARTS) is 2. The molecule has 0 unspecified atom stereocenters. The Labute approximate surface area is 319 Å². The van der Waals surface area contributed by atoms with E-state index in [0.717, 1.165) is 0 Å². The average molecular weight is 781 g/mol. The zero-order valence-electron chi connectivity index (χ0n) is 30.5. The van der Waals surface area contributed by atoms with Gasteiger partial charge in [0, 0.05) is 6.42 Å². The van der Waals surface area contributed by atoms with Crippen LogP contribution in [0.1, 0.15) is 64.9 Å². The van der Waals surface area contributed by atoms with Crippen LogP contribution in [0.3, 0.4) is 0 Å². The van der Waals surface area contributed by atoms with Crippen LogP contribution in [0, 0.1) is 5.92 Å². The highest BCUT2D eigenvalue weighted by atomic mass is 32.2. The molecule has 1 aromatic carbocycles. The van der Waals surface area contributed by atoms with Gasteiger partial charge in [-0.3, -0.25) is 33.6 Å². The lowest BCUT2D eigenvalue weighted by Crippen LogP contribution is -2.58. The van der Waals surface area contributed by atoms with E-state index in [1.165, 1.54) is 18.7 Å². The van der Waals surface area contributed by atoms with Crippen molar-refractivity contribution in [1.29, 1.82) is 0 Å². The molecule has 53 heavy (non-hydrogen) atoms. The molecule has 16 nitrogen and oxygen atoms in total. The molecule has 8 N–H and O–H groups in total. The number of hydrogen-bond acceptors (Lipinski definition) is 11. The first kappa shape index (κ1) is 46.6. The lowest BCUT2D eigenvalue weighted by atomic mass is 10.00. The molecule has 0 saturated carbocycles. The summed E-state index contributed by atoms with van der Waals surface area (Å²) in [6.45, 7) is 5.11. The van der Waals surface area contributed by atoms with Gasteiger partial charge in [-0.2, -0.15) is 11.8 Å². The van der Waals surface area contributed by atoms with Crippen LogP contribution in [-0.2, 0) is 44.8 Å². The topological polar surface area (TPSA) is 249 Å². The normalized spacial score (nSPS) is 13.7. The fourth-order valence-corrected chi connectivity index (χ4v) is 5.73. The number of ketones is 1. The molecule has 0 spiro atoms. The van der Waals surface area contributed by atoms with Crippen molar-refractivity contribution in [3.05, 3.63) is 35.9 Å². The third-order valence-electron chi connectivity index (χ3n) is 7.83.